The van der Waals surface area contributed by atoms with Crippen molar-refractivity contribution in [2.75, 3.05) is 18.8 Å². The van der Waals surface area contributed by atoms with Gasteiger partial charge in [0.05, 0.1) is 5.75 Å². The second-order valence-corrected chi connectivity index (χ2v) is 3.89. The second-order valence-electron chi connectivity index (χ2n) is 3.57. The van der Waals surface area contributed by atoms with Crippen molar-refractivity contribution < 1.29 is 4.79 Å². The first-order chi connectivity index (χ1) is 5.74. The zero-order valence-electron chi connectivity index (χ0n) is 7.62. The van der Waals surface area contributed by atoms with Crippen LogP contribution in [0.1, 0.15) is 26.2 Å². The van der Waals surface area contributed by atoms with Crippen LogP contribution in [0.3, 0.4) is 0 Å². The maximum absolute atomic E-state index is 11.3. The van der Waals surface area contributed by atoms with Gasteiger partial charge in [0, 0.05) is 13.1 Å². The molecule has 12 heavy (non-hydrogen) atoms. The molecule has 2 nitrogen and oxygen atoms in total. The number of thiol groups is 1. The van der Waals surface area contributed by atoms with Crippen molar-refractivity contribution in [1.29, 1.82) is 0 Å². The maximum Gasteiger partial charge on any atom is 0.232 e. The summed E-state index contributed by atoms with van der Waals surface area (Å²) in [5.41, 5.74) is 0. The van der Waals surface area contributed by atoms with E-state index >= 15 is 0 Å². The van der Waals surface area contributed by atoms with Gasteiger partial charge in [-0.25, -0.2) is 0 Å². The van der Waals surface area contributed by atoms with Crippen LogP contribution in [0.2, 0.25) is 0 Å². The zero-order valence-corrected chi connectivity index (χ0v) is 8.52. The van der Waals surface area contributed by atoms with Crippen LogP contribution in [0.25, 0.3) is 0 Å². The Morgan fingerprint density at radius 1 is 1.50 bits per heavy atom. The molecule has 1 rings (SSSR count). The molecule has 1 atom stereocenters. The van der Waals surface area contributed by atoms with E-state index in [0.29, 0.717) is 5.75 Å². The minimum absolute atomic E-state index is 0.187. The average molecular weight is 187 g/mol. The molecule has 0 aromatic rings. The zero-order chi connectivity index (χ0) is 8.97. The molecular weight excluding hydrogens is 170 g/mol. The summed E-state index contributed by atoms with van der Waals surface area (Å²) >= 11 is 3.99. The Hall–Kier alpha value is -0.180. The molecule has 1 heterocycles. The Balaban J connectivity index is 2.40. The van der Waals surface area contributed by atoms with Crippen molar-refractivity contribution >= 4 is 18.5 Å². The van der Waals surface area contributed by atoms with E-state index in [-0.39, 0.29) is 5.91 Å². The van der Waals surface area contributed by atoms with Crippen LogP contribution >= 0.6 is 12.6 Å². The highest BCUT2D eigenvalue weighted by Crippen LogP contribution is 2.16. The van der Waals surface area contributed by atoms with Crippen LogP contribution in [-0.4, -0.2) is 29.6 Å². The Kier molecular flexibility index (Phi) is 3.92. The summed E-state index contributed by atoms with van der Waals surface area (Å²) in [7, 11) is 0. The highest BCUT2D eigenvalue weighted by atomic mass is 32.1. The molecule has 1 amide bonds. The SMILES string of the molecule is CC1CCCN(C(=O)CS)CC1. The summed E-state index contributed by atoms with van der Waals surface area (Å²) in [6.07, 6.45) is 3.57. The molecule has 0 aromatic heterocycles. The highest BCUT2D eigenvalue weighted by molar-refractivity contribution is 7.81. The van der Waals surface area contributed by atoms with Gasteiger partial charge in [-0.2, -0.15) is 12.6 Å². The topological polar surface area (TPSA) is 20.3 Å². The lowest BCUT2D eigenvalue weighted by Crippen LogP contribution is -2.32. The van der Waals surface area contributed by atoms with Gasteiger partial charge in [0.2, 0.25) is 5.91 Å². The fraction of sp³-hybridized carbons (Fsp3) is 0.889. The molecule has 0 saturated carbocycles. The maximum atomic E-state index is 11.3. The van der Waals surface area contributed by atoms with Gasteiger partial charge in [0.25, 0.3) is 0 Å². The van der Waals surface area contributed by atoms with E-state index in [9.17, 15) is 4.79 Å². The third kappa shape index (κ3) is 2.70. The smallest absolute Gasteiger partial charge is 0.232 e. The van der Waals surface area contributed by atoms with Crippen LogP contribution in [0.4, 0.5) is 0 Å². The third-order valence-corrected chi connectivity index (χ3v) is 2.78. The first kappa shape index (κ1) is 9.90. The number of amides is 1. The molecule has 1 aliphatic heterocycles. The van der Waals surface area contributed by atoms with E-state index in [1.807, 2.05) is 4.90 Å². The molecule has 0 bridgehead atoms. The molecule has 0 aromatic carbocycles. The molecule has 70 valence electrons. The van der Waals surface area contributed by atoms with Crippen molar-refractivity contribution in [3.63, 3.8) is 0 Å². The number of nitrogens with zero attached hydrogens (tertiary/aromatic N) is 1. The first-order valence-electron chi connectivity index (χ1n) is 4.62. The summed E-state index contributed by atoms with van der Waals surface area (Å²) in [6.45, 7) is 4.12. The normalized spacial score (nSPS) is 25.2. The summed E-state index contributed by atoms with van der Waals surface area (Å²) in [5, 5.41) is 0. The minimum Gasteiger partial charge on any atom is -0.342 e. The van der Waals surface area contributed by atoms with E-state index in [0.717, 1.165) is 31.8 Å². The highest BCUT2D eigenvalue weighted by Gasteiger charge is 2.16. The Labute approximate surface area is 79.7 Å². The average Bonchev–Trinajstić information content (AvgIpc) is 2.29. The molecule has 1 unspecified atom stereocenters. The summed E-state index contributed by atoms with van der Waals surface area (Å²) in [4.78, 5) is 13.2. The lowest BCUT2D eigenvalue weighted by atomic mass is 10.0. The predicted molar refractivity (Wildman–Crippen MR) is 53.4 cm³/mol. The largest absolute Gasteiger partial charge is 0.342 e. The van der Waals surface area contributed by atoms with Gasteiger partial charge in [-0.05, 0) is 25.2 Å². The third-order valence-electron chi connectivity index (χ3n) is 2.50. The molecule has 0 aliphatic carbocycles. The van der Waals surface area contributed by atoms with E-state index in [1.54, 1.807) is 0 Å². The number of likely N-dealkylation sites (tertiary alicyclic amines) is 1. The van der Waals surface area contributed by atoms with Crippen LogP contribution < -0.4 is 0 Å². The Morgan fingerprint density at radius 3 is 2.92 bits per heavy atom. The van der Waals surface area contributed by atoms with Gasteiger partial charge in [-0.3, -0.25) is 4.79 Å². The number of rotatable bonds is 1. The lowest BCUT2D eigenvalue weighted by Gasteiger charge is -2.18. The van der Waals surface area contributed by atoms with Gasteiger partial charge in [-0.15, -0.1) is 0 Å². The number of carbonyl (C=O) groups is 1. The standard InChI is InChI=1S/C9H17NOS/c1-8-3-2-5-10(6-4-8)9(11)7-12/h8,12H,2-7H2,1H3. The van der Waals surface area contributed by atoms with Gasteiger partial charge in [-0.1, -0.05) is 6.92 Å². The molecule has 1 aliphatic rings. The Morgan fingerprint density at radius 2 is 2.25 bits per heavy atom. The molecule has 3 heteroatoms. The summed E-state index contributed by atoms with van der Waals surface area (Å²) < 4.78 is 0. The van der Waals surface area contributed by atoms with Crippen molar-refractivity contribution in [1.82, 2.24) is 4.90 Å². The molecule has 1 saturated heterocycles. The number of hydrogen-bond acceptors (Lipinski definition) is 2. The molecular formula is C9H17NOS. The second kappa shape index (κ2) is 4.75. The van der Waals surface area contributed by atoms with Gasteiger partial charge >= 0.3 is 0 Å². The molecule has 0 N–H and O–H groups in total. The lowest BCUT2D eigenvalue weighted by molar-refractivity contribution is -0.128. The van der Waals surface area contributed by atoms with Gasteiger partial charge in [0.15, 0.2) is 0 Å². The molecule has 0 radical (unpaired) electrons. The van der Waals surface area contributed by atoms with Crippen molar-refractivity contribution in [3.8, 4) is 0 Å². The van der Waals surface area contributed by atoms with Crippen molar-refractivity contribution in [2.45, 2.75) is 26.2 Å². The van der Waals surface area contributed by atoms with E-state index < -0.39 is 0 Å². The number of hydrogen-bond donors (Lipinski definition) is 1. The summed E-state index contributed by atoms with van der Waals surface area (Å²) in [5.74, 6) is 1.32. The summed E-state index contributed by atoms with van der Waals surface area (Å²) in [6, 6.07) is 0. The van der Waals surface area contributed by atoms with Gasteiger partial charge < -0.3 is 4.90 Å². The van der Waals surface area contributed by atoms with E-state index in [1.165, 1.54) is 6.42 Å². The van der Waals surface area contributed by atoms with Crippen molar-refractivity contribution in [2.24, 2.45) is 5.92 Å². The van der Waals surface area contributed by atoms with Crippen molar-refractivity contribution in [3.05, 3.63) is 0 Å². The van der Waals surface area contributed by atoms with Crippen LogP contribution in [-0.2, 0) is 4.79 Å². The molecule has 1 fully saturated rings. The first-order valence-corrected chi connectivity index (χ1v) is 5.26. The van der Waals surface area contributed by atoms with E-state index in [4.69, 9.17) is 0 Å². The van der Waals surface area contributed by atoms with Crippen LogP contribution in [0, 0.1) is 5.92 Å². The number of carbonyl (C=O) groups excluding carboxylic acids is 1. The van der Waals surface area contributed by atoms with E-state index in [2.05, 4.69) is 19.6 Å². The molecule has 0 spiro atoms. The predicted octanol–water partition coefficient (Wildman–Crippen LogP) is 1.56. The minimum atomic E-state index is 0.187. The Bertz CT molecular complexity index is 161. The fourth-order valence-corrected chi connectivity index (χ4v) is 1.81. The fourth-order valence-electron chi connectivity index (χ4n) is 1.61. The quantitative estimate of drug-likeness (QED) is 0.618. The van der Waals surface area contributed by atoms with Gasteiger partial charge in [0.1, 0.15) is 0 Å². The van der Waals surface area contributed by atoms with Crippen LogP contribution in [0.5, 0.6) is 0 Å². The van der Waals surface area contributed by atoms with Crippen LogP contribution in [0.15, 0.2) is 0 Å². The monoisotopic (exact) mass is 187 g/mol.